The highest BCUT2D eigenvalue weighted by Gasteiger charge is 2.21. The number of benzene rings is 10. The van der Waals surface area contributed by atoms with E-state index in [4.69, 9.17) is 0 Å². The van der Waals surface area contributed by atoms with Crippen LogP contribution in [0.25, 0.3) is 60.2 Å². The first-order valence-electron chi connectivity index (χ1n) is 20.3. The molecule has 1 heterocycles. The van der Waals surface area contributed by atoms with Crippen molar-refractivity contribution in [1.82, 2.24) is 4.57 Å². The number of hydrogen-bond acceptors (Lipinski definition) is 2. The fourth-order valence-corrected chi connectivity index (χ4v) is 8.83. The van der Waals surface area contributed by atoms with Gasteiger partial charge in [-0.3, -0.25) is 0 Å². The molecule has 0 atom stereocenters. The number of aromatic nitrogens is 1. The number of halogens is 1. The molecule has 10 aromatic carbocycles. The van der Waals surface area contributed by atoms with Crippen LogP contribution in [0, 0.1) is 5.82 Å². The van der Waals surface area contributed by atoms with Gasteiger partial charge in [-0.2, -0.15) is 0 Å². The maximum Gasteiger partial charge on any atom is 0.123 e. The van der Waals surface area contributed by atoms with Gasteiger partial charge in [-0.25, -0.2) is 4.39 Å². The van der Waals surface area contributed by atoms with Gasteiger partial charge >= 0.3 is 0 Å². The van der Waals surface area contributed by atoms with Crippen LogP contribution in [0.4, 0.5) is 38.5 Å². The third-order valence-corrected chi connectivity index (χ3v) is 11.6. The maximum absolute atomic E-state index is 14.5. The largest absolute Gasteiger partial charge is 0.310 e. The Balaban J connectivity index is 1.03. The molecule has 0 radical (unpaired) electrons. The molecule has 0 aliphatic carbocycles. The summed E-state index contributed by atoms with van der Waals surface area (Å²) in [6.07, 6.45) is 0. The number of hydrogen-bond donors (Lipinski definition) is 0. The van der Waals surface area contributed by atoms with E-state index >= 15 is 0 Å². The smallest absolute Gasteiger partial charge is 0.123 e. The lowest BCUT2D eigenvalue weighted by atomic mass is 9.96. The minimum atomic E-state index is -0.268. The first-order chi connectivity index (χ1) is 29.7. The van der Waals surface area contributed by atoms with Crippen molar-refractivity contribution in [2.24, 2.45) is 0 Å². The van der Waals surface area contributed by atoms with Crippen molar-refractivity contribution in [2.75, 3.05) is 9.80 Å². The van der Waals surface area contributed by atoms with Crippen LogP contribution in [0.1, 0.15) is 0 Å². The van der Waals surface area contributed by atoms with Crippen LogP contribution in [0.2, 0.25) is 0 Å². The zero-order valence-corrected chi connectivity index (χ0v) is 32.7. The van der Waals surface area contributed by atoms with Crippen LogP contribution < -0.4 is 9.80 Å². The van der Waals surface area contributed by atoms with Crippen molar-refractivity contribution < 1.29 is 4.39 Å². The molecule has 0 saturated heterocycles. The second-order valence-electron chi connectivity index (χ2n) is 15.1. The molecule has 0 bridgehead atoms. The molecule has 0 aliphatic heterocycles. The Morgan fingerprint density at radius 2 is 0.883 bits per heavy atom. The Kier molecular flexibility index (Phi) is 8.67. The summed E-state index contributed by atoms with van der Waals surface area (Å²) in [5.41, 5.74) is 11.8. The molecule has 0 amide bonds. The molecule has 3 nitrogen and oxygen atoms in total. The van der Waals surface area contributed by atoms with E-state index in [0.29, 0.717) is 0 Å². The van der Waals surface area contributed by atoms with Crippen molar-refractivity contribution >= 4 is 77.5 Å². The second kappa shape index (κ2) is 14.8. The number of nitrogens with zero attached hydrogens (tertiary/aromatic N) is 3. The molecule has 0 unspecified atom stereocenters. The minimum Gasteiger partial charge on any atom is -0.310 e. The van der Waals surface area contributed by atoms with E-state index < -0.39 is 0 Å². The van der Waals surface area contributed by atoms with Gasteiger partial charge in [0, 0.05) is 50.3 Å². The van der Waals surface area contributed by atoms with E-state index in [1.165, 1.54) is 28.3 Å². The molecule has 60 heavy (non-hydrogen) atoms. The summed E-state index contributed by atoms with van der Waals surface area (Å²) in [7, 11) is 0. The van der Waals surface area contributed by atoms with Gasteiger partial charge in [0.25, 0.3) is 0 Å². The van der Waals surface area contributed by atoms with Gasteiger partial charge in [-0.1, -0.05) is 127 Å². The zero-order valence-electron chi connectivity index (χ0n) is 32.7. The topological polar surface area (TPSA) is 11.4 Å². The maximum atomic E-state index is 14.5. The van der Waals surface area contributed by atoms with E-state index in [-0.39, 0.29) is 5.82 Å². The van der Waals surface area contributed by atoms with E-state index in [2.05, 4.69) is 215 Å². The summed E-state index contributed by atoms with van der Waals surface area (Å²) in [5.74, 6) is -0.268. The van der Waals surface area contributed by atoms with Gasteiger partial charge in [-0.15, -0.1) is 0 Å². The van der Waals surface area contributed by atoms with Crippen molar-refractivity contribution in [3.63, 3.8) is 0 Å². The summed E-state index contributed by atoms with van der Waals surface area (Å²) < 4.78 is 16.8. The van der Waals surface area contributed by atoms with Gasteiger partial charge in [0.05, 0.1) is 16.7 Å². The highest BCUT2D eigenvalue weighted by molar-refractivity contribution is 6.12. The summed E-state index contributed by atoms with van der Waals surface area (Å²) in [6, 6.07) is 80.1. The fourth-order valence-electron chi connectivity index (χ4n) is 8.83. The van der Waals surface area contributed by atoms with Crippen molar-refractivity contribution in [2.45, 2.75) is 0 Å². The fraction of sp³-hybridized carbons (Fsp3) is 0. The first-order valence-corrected chi connectivity index (χ1v) is 20.3. The average Bonchev–Trinajstić information content (AvgIpc) is 3.64. The number of anilines is 6. The van der Waals surface area contributed by atoms with Gasteiger partial charge < -0.3 is 14.4 Å². The normalized spacial score (nSPS) is 11.4. The quantitative estimate of drug-likeness (QED) is 0.152. The Labute approximate surface area is 348 Å². The molecule has 0 N–H and O–H groups in total. The van der Waals surface area contributed by atoms with Crippen LogP contribution in [0.3, 0.4) is 0 Å². The molecule has 284 valence electrons. The number of fused-ring (bicyclic) bond motifs is 5. The van der Waals surface area contributed by atoms with Crippen molar-refractivity contribution in [3.8, 4) is 16.8 Å². The Morgan fingerprint density at radius 1 is 0.333 bits per heavy atom. The van der Waals surface area contributed by atoms with Crippen molar-refractivity contribution in [3.05, 3.63) is 236 Å². The lowest BCUT2D eigenvalue weighted by molar-refractivity contribution is 0.628. The van der Waals surface area contributed by atoms with E-state index in [0.717, 1.165) is 78.1 Å². The summed E-state index contributed by atoms with van der Waals surface area (Å²) in [6.45, 7) is 0. The lowest BCUT2D eigenvalue weighted by Gasteiger charge is -2.28. The van der Waals surface area contributed by atoms with Crippen LogP contribution in [-0.4, -0.2) is 4.57 Å². The molecular weight excluding hydrogens is 734 g/mol. The SMILES string of the molecule is Fc1ccc(N(c2ccc3c(c2)c2ccccc2n3-c2ccccc2)c2ccc(-c3ccc(N(c4ccccc4)c4ccc5ccccc5c4)cc3)c3ccccc23)cc1. The molecule has 0 fully saturated rings. The molecule has 0 saturated carbocycles. The standard InChI is InChI=1S/C56H38FN3/c57-42-26-31-46(32-27-42)59(48-33-35-56-53(38-48)52-21-11-12-22-54(52)60(56)44-17-5-2-6-18-44)55-36-34-49(50-19-9-10-20-51(50)55)40-24-28-45(29-25-40)58(43-15-3-1-4-16-43)47-30-23-39-13-7-8-14-41(39)37-47/h1-38H. The van der Waals surface area contributed by atoms with E-state index in [1.807, 2.05) is 18.2 Å². The lowest BCUT2D eigenvalue weighted by Crippen LogP contribution is -2.11. The van der Waals surface area contributed by atoms with Crippen LogP contribution in [0.5, 0.6) is 0 Å². The highest BCUT2D eigenvalue weighted by atomic mass is 19.1. The third kappa shape index (κ3) is 6.14. The molecule has 1 aromatic heterocycles. The number of para-hydroxylation sites is 3. The Hall–Kier alpha value is -7.95. The van der Waals surface area contributed by atoms with Gasteiger partial charge in [0.1, 0.15) is 5.82 Å². The van der Waals surface area contributed by atoms with Crippen LogP contribution in [0.15, 0.2) is 231 Å². The van der Waals surface area contributed by atoms with E-state index in [1.54, 1.807) is 0 Å². The predicted molar refractivity (Wildman–Crippen MR) is 251 cm³/mol. The summed E-state index contributed by atoms with van der Waals surface area (Å²) >= 11 is 0. The molecule has 0 spiro atoms. The summed E-state index contributed by atoms with van der Waals surface area (Å²) in [5, 5.41) is 6.96. The Bertz CT molecular complexity index is 3320. The molecule has 11 aromatic rings. The van der Waals surface area contributed by atoms with Gasteiger partial charge in [0.15, 0.2) is 0 Å². The predicted octanol–water partition coefficient (Wildman–Crippen LogP) is 15.8. The summed E-state index contributed by atoms with van der Waals surface area (Å²) in [4.78, 5) is 4.57. The molecular formula is C56H38FN3. The Morgan fingerprint density at radius 3 is 1.67 bits per heavy atom. The number of rotatable bonds is 8. The third-order valence-electron chi connectivity index (χ3n) is 11.6. The van der Waals surface area contributed by atoms with Gasteiger partial charge in [0.2, 0.25) is 0 Å². The first kappa shape index (κ1) is 35.2. The molecule has 4 heteroatoms. The highest BCUT2D eigenvalue weighted by Crippen LogP contribution is 2.45. The van der Waals surface area contributed by atoms with Crippen molar-refractivity contribution in [1.29, 1.82) is 0 Å². The monoisotopic (exact) mass is 771 g/mol. The average molecular weight is 772 g/mol. The zero-order chi connectivity index (χ0) is 40.0. The van der Waals surface area contributed by atoms with Crippen LogP contribution in [-0.2, 0) is 0 Å². The van der Waals surface area contributed by atoms with E-state index in [9.17, 15) is 4.39 Å². The minimum absolute atomic E-state index is 0.268. The molecule has 0 aliphatic rings. The molecule has 11 rings (SSSR count). The van der Waals surface area contributed by atoms with Crippen LogP contribution >= 0.6 is 0 Å². The van der Waals surface area contributed by atoms with Gasteiger partial charge in [-0.05, 0) is 130 Å². The second-order valence-corrected chi connectivity index (χ2v) is 15.1.